The van der Waals surface area contributed by atoms with Gasteiger partial charge in [-0.05, 0) is 23.6 Å². The van der Waals surface area contributed by atoms with Crippen molar-refractivity contribution in [1.82, 2.24) is 15.2 Å². The lowest BCUT2D eigenvalue weighted by atomic mass is 10.0. The fraction of sp³-hybridized carbons (Fsp3) is 0.529. The van der Waals surface area contributed by atoms with Crippen LogP contribution in [-0.4, -0.2) is 54.7 Å². The zero-order valence-electron chi connectivity index (χ0n) is 13.4. The summed E-state index contributed by atoms with van der Waals surface area (Å²) in [5.74, 6) is 0.420. The summed E-state index contributed by atoms with van der Waals surface area (Å²) in [6, 6.07) is 4.12. The second kappa shape index (κ2) is 8.66. The first-order chi connectivity index (χ1) is 10.7. The van der Waals surface area contributed by atoms with Crippen LogP contribution in [0.5, 0.6) is 0 Å². The molecule has 2 rings (SSSR count). The predicted molar refractivity (Wildman–Crippen MR) is 87.3 cm³/mol. The van der Waals surface area contributed by atoms with Crippen molar-refractivity contribution in [2.24, 2.45) is 5.92 Å². The number of pyridine rings is 1. The van der Waals surface area contributed by atoms with Crippen molar-refractivity contribution in [3.05, 3.63) is 36.2 Å². The Bertz CT molecular complexity index is 482. The third kappa shape index (κ3) is 5.24. The number of hydrogen-bond donors (Lipinski definition) is 1. The van der Waals surface area contributed by atoms with E-state index in [0.717, 1.165) is 31.9 Å². The molecule has 1 atom stereocenters. The van der Waals surface area contributed by atoms with Crippen LogP contribution in [0.15, 0.2) is 30.6 Å². The Morgan fingerprint density at radius 2 is 2.23 bits per heavy atom. The molecule has 2 heterocycles. The van der Waals surface area contributed by atoms with Gasteiger partial charge in [-0.3, -0.25) is 14.7 Å². The lowest BCUT2D eigenvalue weighted by molar-refractivity contribution is -0.116. The minimum atomic E-state index is -0.0669. The van der Waals surface area contributed by atoms with E-state index < -0.39 is 0 Å². The SMILES string of the molecule is CC(C)C(CNC(=O)/C=C/c1cccnc1)N1CCOCC1. The average molecular weight is 303 g/mol. The standard InChI is InChI=1S/C17H25N3O2/c1-14(2)16(20-8-10-22-11-9-20)13-19-17(21)6-5-15-4-3-7-18-12-15/h3-7,12,14,16H,8-11,13H2,1-2H3,(H,19,21)/b6-5+. The first-order valence-electron chi connectivity index (χ1n) is 7.84. The predicted octanol–water partition coefficient (Wildman–Crippen LogP) is 1.57. The monoisotopic (exact) mass is 303 g/mol. The van der Waals surface area contributed by atoms with E-state index in [1.54, 1.807) is 24.5 Å². The van der Waals surface area contributed by atoms with Crippen LogP contribution < -0.4 is 5.32 Å². The van der Waals surface area contributed by atoms with E-state index in [1.807, 2.05) is 12.1 Å². The van der Waals surface area contributed by atoms with Crippen LogP contribution in [0.25, 0.3) is 6.08 Å². The fourth-order valence-electron chi connectivity index (χ4n) is 2.61. The van der Waals surface area contributed by atoms with Gasteiger partial charge in [0, 0.05) is 44.1 Å². The van der Waals surface area contributed by atoms with Crippen molar-refractivity contribution in [3.63, 3.8) is 0 Å². The van der Waals surface area contributed by atoms with Crippen LogP contribution in [0.1, 0.15) is 19.4 Å². The maximum atomic E-state index is 12.0. The first-order valence-corrected chi connectivity index (χ1v) is 7.84. The van der Waals surface area contributed by atoms with Crippen LogP contribution in [0, 0.1) is 5.92 Å². The molecule has 0 aliphatic carbocycles. The second-order valence-electron chi connectivity index (χ2n) is 5.82. The minimum Gasteiger partial charge on any atom is -0.379 e. The highest BCUT2D eigenvalue weighted by Gasteiger charge is 2.23. The number of nitrogens with one attached hydrogen (secondary N) is 1. The molecule has 1 fully saturated rings. The number of nitrogens with zero attached hydrogens (tertiary/aromatic N) is 2. The van der Waals surface area contributed by atoms with Gasteiger partial charge in [-0.1, -0.05) is 19.9 Å². The lowest BCUT2D eigenvalue weighted by Crippen LogP contribution is -2.51. The molecular formula is C17H25N3O2. The van der Waals surface area contributed by atoms with E-state index in [1.165, 1.54) is 0 Å². The zero-order chi connectivity index (χ0) is 15.8. The molecule has 1 aromatic rings. The normalized spacial score (nSPS) is 17.8. The summed E-state index contributed by atoms with van der Waals surface area (Å²) in [6.45, 7) is 8.47. The largest absolute Gasteiger partial charge is 0.379 e. The molecule has 1 aliphatic rings. The molecule has 1 N–H and O–H groups in total. The van der Waals surface area contributed by atoms with Crippen LogP contribution in [0.3, 0.4) is 0 Å². The molecular weight excluding hydrogens is 278 g/mol. The molecule has 0 saturated carbocycles. The van der Waals surface area contributed by atoms with Gasteiger partial charge in [0.2, 0.25) is 5.91 Å². The van der Waals surface area contributed by atoms with Gasteiger partial charge in [0.05, 0.1) is 13.2 Å². The Morgan fingerprint density at radius 1 is 1.45 bits per heavy atom. The molecule has 120 valence electrons. The number of ether oxygens (including phenoxy) is 1. The van der Waals surface area contributed by atoms with Crippen molar-refractivity contribution in [3.8, 4) is 0 Å². The highest BCUT2D eigenvalue weighted by atomic mass is 16.5. The Kier molecular flexibility index (Phi) is 6.55. The lowest BCUT2D eigenvalue weighted by Gasteiger charge is -2.36. The topological polar surface area (TPSA) is 54.5 Å². The Balaban J connectivity index is 1.83. The second-order valence-corrected chi connectivity index (χ2v) is 5.82. The van der Waals surface area contributed by atoms with E-state index in [4.69, 9.17) is 4.74 Å². The number of aromatic nitrogens is 1. The summed E-state index contributed by atoms with van der Waals surface area (Å²) in [5.41, 5.74) is 0.922. The highest BCUT2D eigenvalue weighted by molar-refractivity contribution is 5.91. The molecule has 1 amide bonds. The minimum absolute atomic E-state index is 0.0669. The molecule has 1 aliphatic heterocycles. The summed E-state index contributed by atoms with van der Waals surface area (Å²) < 4.78 is 5.40. The summed E-state index contributed by atoms with van der Waals surface area (Å²) >= 11 is 0. The zero-order valence-corrected chi connectivity index (χ0v) is 13.4. The molecule has 0 aromatic carbocycles. The van der Waals surface area contributed by atoms with E-state index in [9.17, 15) is 4.79 Å². The van der Waals surface area contributed by atoms with Crippen LogP contribution >= 0.6 is 0 Å². The van der Waals surface area contributed by atoms with Crippen molar-refractivity contribution < 1.29 is 9.53 Å². The molecule has 1 aromatic heterocycles. The number of rotatable bonds is 6. The van der Waals surface area contributed by atoms with E-state index in [-0.39, 0.29) is 5.91 Å². The number of carbonyl (C=O) groups is 1. The third-order valence-electron chi connectivity index (χ3n) is 3.88. The molecule has 1 saturated heterocycles. The third-order valence-corrected chi connectivity index (χ3v) is 3.88. The average Bonchev–Trinajstić information content (AvgIpc) is 2.55. The molecule has 0 spiro atoms. The molecule has 5 heteroatoms. The van der Waals surface area contributed by atoms with Crippen molar-refractivity contribution in [1.29, 1.82) is 0 Å². The van der Waals surface area contributed by atoms with Gasteiger partial charge in [0.15, 0.2) is 0 Å². The molecule has 5 nitrogen and oxygen atoms in total. The van der Waals surface area contributed by atoms with Gasteiger partial charge >= 0.3 is 0 Å². The summed E-state index contributed by atoms with van der Waals surface area (Å²) in [4.78, 5) is 18.4. The quantitative estimate of drug-likeness (QED) is 0.811. The smallest absolute Gasteiger partial charge is 0.244 e. The van der Waals surface area contributed by atoms with Crippen molar-refractivity contribution in [2.45, 2.75) is 19.9 Å². The fourth-order valence-corrected chi connectivity index (χ4v) is 2.61. The van der Waals surface area contributed by atoms with Gasteiger partial charge in [-0.2, -0.15) is 0 Å². The van der Waals surface area contributed by atoms with E-state index >= 15 is 0 Å². The summed E-state index contributed by atoms with van der Waals surface area (Å²) in [5, 5.41) is 3.00. The van der Waals surface area contributed by atoms with Crippen molar-refractivity contribution in [2.75, 3.05) is 32.8 Å². The summed E-state index contributed by atoms with van der Waals surface area (Å²) in [7, 11) is 0. The van der Waals surface area contributed by atoms with Gasteiger partial charge in [0.1, 0.15) is 0 Å². The van der Waals surface area contributed by atoms with Crippen LogP contribution in [0.4, 0.5) is 0 Å². The number of hydrogen-bond acceptors (Lipinski definition) is 4. The van der Waals surface area contributed by atoms with Crippen LogP contribution in [-0.2, 0) is 9.53 Å². The summed E-state index contributed by atoms with van der Waals surface area (Å²) in [6.07, 6.45) is 6.79. The number of carbonyl (C=O) groups excluding carboxylic acids is 1. The van der Waals surface area contributed by atoms with Gasteiger partial charge in [-0.25, -0.2) is 0 Å². The highest BCUT2D eigenvalue weighted by Crippen LogP contribution is 2.12. The molecule has 22 heavy (non-hydrogen) atoms. The maximum Gasteiger partial charge on any atom is 0.244 e. The Hall–Kier alpha value is -1.72. The molecule has 0 radical (unpaired) electrons. The Labute approximate surface area is 132 Å². The number of amides is 1. The first kappa shape index (κ1) is 16.6. The maximum absolute atomic E-state index is 12.0. The van der Waals surface area contributed by atoms with Crippen molar-refractivity contribution >= 4 is 12.0 Å². The van der Waals surface area contributed by atoms with Crippen LogP contribution in [0.2, 0.25) is 0 Å². The van der Waals surface area contributed by atoms with E-state index in [0.29, 0.717) is 18.5 Å². The van der Waals surface area contributed by atoms with E-state index in [2.05, 4.69) is 29.0 Å². The Morgan fingerprint density at radius 3 is 2.86 bits per heavy atom. The van der Waals surface area contributed by atoms with Gasteiger partial charge in [0.25, 0.3) is 0 Å². The number of morpholine rings is 1. The van der Waals surface area contributed by atoms with Gasteiger partial charge in [-0.15, -0.1) is 0 Å². The molecule has 1 unspecified atom stereocenters. The van der Waals surface area contributed by atoms with Gasteiger partial charge < -0.3 is 10.1 Å². The molecule has 0 bridgehead atoms.